The summed E-state index contributed by atoms with van der Waals surface area (Å²) in [7, 11) is -23.3. The summed E-state index contributed by atoms with van der Waals surface area (Å²) < 4.78 is 0. The fourth-order valence-corrected chi connectivity index (χ4v) is 80.2. The zero-order valence-corrected chi connectivity index (χ0v) is 102. The standard InChI is InChI=1S/C111H214Si15/c1-32-67-112(17,68-33-2)83-51-91-120(25,92-52-84-113(18,69-34-3)70-35-4)99-59-103-124(29,104-60-100-121(26,93-53-85-114(19,71-36-5)72-37-6)94-54-86-115(20,73-38-7)74-39-8)107-63-109-126(31,111-65-49-48-50-66-111)110-64-108-125(30,105-61-101-122(27,95-55-87-116(21,75-40-9)76-41-10)96-56-88-117(22,77-42-11)78-43-12)106-62-102-123(28,97-57-89-118(23,79-44-13)80-45-14)98-58-90-119(24,81-46-15)82-47-16/h32-50,65-66H,1-16,51-64,67-110H2,17-31H3. The zero-order valence-electron chi connectivity index (χ0n) is 87.5. The van der Waals surface area contributed by atoms with Crippen molar-refractivity contribution >= 4 is 126 Å². The summed E-state index contributed by atoms with van der Waals surface area (Å²) in [4.78, 5) is 0. The third kappa shape index (κ3) is 50.8. The molecular weight excluding hydrogens is 1750 g/mol. The first-order valence-corrected chi connectivity index (χ1v) is 98.9. The van der Waals surface area contributed by atoms with Crippen LogP contribution in [0.4, 0.5) is 0 Å². The molecule has 0 fully saturated rings. The predicted octanol–water partition coefficient (Wildman–Crippen LogP) is 40.5. The van der Waals surface area contributed by atoms with Crippen LogP contribution in [0.1, 0.15) is 89.9 Å². The molecule has 0 unspecified atom stereocenters. The van der Waals surface area contributed by atoms with Crippen LogP contribution in [0.2, 0.25) is 364 Å². The van der Waals surface area contributed by atoms with Gasteiger partial charge in [-0.2, -0.15) is 0 Å². The van der Waals surface area contributed by atoms with Crippen LogP contribution in [0.25, 0.3) is 0 Å². The number of hydrogen-bond acceptors (Lipinski definition) is 0. The molecule has 0 amide bonds. The molecule has 0 aliphatic heterocycles. The first-order chi connectivity index (χ1) is 59.5. The first kappa shape index (κ1) is 122. The predicted molar refractivity (Wildman–Crippen MR) is 640 cm³/mol. The van der Waals surface area contributed by atoms with Gasteiger partial charge in [-0.1, -0.05) is 490 Å². The van der Waals surface area contributed by atoms with Gasteiger partial charge in [0.25, 0.3) is 0 Å². The molecule has 0 saturated heterocycles. The summed E-state index contributed by atoms with van der Waals surface area (Å²) in [6, 6.07) is 73.7. The largest absolute Gasteiger partial charge is 0.103 e. The minimum absolute atomic E-state index is 1.22. The van der Waals surface area contributed by atoms with Crippen LogP contribution in [0, 0.1) is 0 Å². The van der Waals surface area contributed by atoms with E-state index >= 15 is 0 Å². The van der Waals surface area contributed by atoms with E-state index in [1.165, 1.54) is 332 Å². The molecule has 0 aromatic heterocycles. The molecule has 0 nitrogen and oxygen atoms in total. The molecule has 126 heavy (non-hydrogen) atoms. The van der Waals surface area contributed by atoms with Gasteiger partial charge in [0.2, 0.25) is 0 Å². The summed E-state index contributed by atoms with van der Waals surface area (Å²) in [5.74, 6) is 0. The maximum atomic E-state index is 4.31. The van der Waals surface area contributed by atoms with Gasteiger partial charge in [0.1, 0.15) is 0 Å². The van der Waals surface area contributed by atoms with Crippen LogP contribution in [-0.4, -0.2) is 121 Å². The Kier molecular flexibility index (Phi) is 61.7. The van der Waals surface area contributed by atoms with E-state index in [-0.39, 0.29) is 0 Å². The average Bonchev–Trinajstić information content (AvgIpc) is 0.823. The fraction of sp³-hybridized carbons (Fsp3) is 0.658. The molecule has 0 saturated carbocycles. The monoisotopic (exact) mass is 1970 g/mol. The van der Waals surface area contributed by atoms with Crippen molar-refractivity contribution in [3.05, 3.63) is 233 Å². The SMILES string of the molecule is C=CC[Si](C)(CC=C)CCC[Si](C)(CCC[Si](C)(CC=C)CC=C)CCC[Si](C)(CCC[Si](C)(CCC[Si](C)(CC=C)CC=C)CCC[Si](C)(CC=C)CC=C)CCC[Si](C)(CCC[Si](C)(CCC[Si](C)(CCC[Si](C)(CC=C)CC=C)CCC[Si](C)(CC=C)CC=C)CCC[Si](C)(CCC[Si](C)(CC=C)CC=C)CCC[Si](C)(CC=C)CC=C)c1ccccc1. The van der Waals surface area contributed by atoms with Crippen LogP contribution < -0.4 is 5.19 Å². The molecule has 0 aliphatic rings. The van der Waals surface area contributed by atoms with Crippen LogP contribution >= 0.6 is 0 Å². The summed E-state index contributed by atoms with van der Waals surface area (Å²) in [5, 5.41) is 1.76. The fourth-order valence-electron chi connectivity index (χ4n) is 24.5. The van der Waals surface area contributed by atoms with E-state index in [0.717, 1.165) is 0 Å². The van der Waals surface area contributed by atoms with E-state index in [1.54, 1.807) is 29.4 Å². The van der Waals surface area contributed by atoms with Gasteiger partial charge in [-0.25, -0.2) is 0 Å². The van der Waals surface area contributed by atoms with Gasteiger partial charge < -0.3 is 0 Å². The normalized spacial score (nSPS) is 13.3. The minimum Gasteiger partial charge on any atom is -0.103 e. The lowest BCUT2D eigenvalue weighted by atomic mass is 10.4. The van der Waals surface area contributed by atoms with Gasteiger partial charge in [-0.05, 0) is 96.7 Å². The Labute approximate surface area is 805 Å². The molecule has 0 N–H and O–H groups in total. The maximum absolute atomic E-state index is 4.31. The smallest absolute Gasteiger partial charge is 0.0836 e. The number of hydrogen-bond donors (Lipinski definition) is 0. The lowest BCUT2D eigenvalue weighted by Crippen LogP contribution is -2.45. The molecule has 718 valence electrons. The van der Waals surface area contributed by atoms with Crippen molar-refractivity contribution in [2.45, 2.75) is 454 Å². The molecule has 0 spiro atoms. The number of benzene rings is 1. The average molecular weight is 1970 g/mol. The van der Waals surface area contributed by atoms with E-state index < -0.39 is 121 Å². The van der Waals surface area contributed by atoms with Crippen molar-refractivity contribution in [3.8, 4) is 0 Å². The zero-order chi connectivity index (χ0) is 94.9. The molecule has 1 rings (SSSR count). The number of allylic oxidation sites excluding steroid dienone is 16. The van der Waals surface area contributed by atoms with Gasteiger partial charge in [0.15, 0.2) is 0 Å². The lowest BCUT2D eigenvalue weighted by Gasteiger charge is -2.36. The van der Waals surface area contributed by atoms with E-state index in [1.807, 2.05) is 0 Å². The molecule has 1 aromatic carbocycles. The van der Waals surface area contributed by atoms with Crippen molar-refractivity contribution in [3.63, 3.8) is 0 Å². The van der Waals surface area contributed by atoms with Crippen LogP contribution in [0.15, 0.2) is 233 Å². The van der Waals surface area contributed by atoms with Gasteiger partial charge in [0.05, 0.1) is 121 Å². The van der Waals surface area contributed by atoms with Gasteiger partial charge in [-0.3, -0.25) is 0 Å². The van der Waals surface area contributed by atoms with Crippen LogP contribution in [0.5, 0.6) is 0 Å². The highest BCUT2D eigenvalue weighted by atomic mass is 28.4. The van der Waals surface area contributed by atoms with E-state index in [4.69, 9.17) is 0 Å². The first-order valence-electron chi connectivity index (χ1n) is 52.3. The van der Waals surface area contributed by atoms with Crippen molar-refractivity contribution in [2.75, 3.05) is 0 Å². The van der Waals surface area contributed by atoms with Crippen molar-refractivity contribution in [2.24, 2.45) is 0 Å². The quantitative estimate of drug-likeness (QED) is 0.0450. The highest BCUT2D eigenvalue weighted by molar-refractivity contribution is 6.91. The Morgan fingerprint density at radius 1 is 0.143 bits per heavy atom. The third-order valence-electron chi connectivity index (χ3n) is 33.4. The highest BCUT2D eigenvalue weighted by Gasteiger charge is 2.41. The summed E-state index contributed by atoms with van der Waals surface area (Å²) in [6.45, 7) is 111. The molecule has 0 heterocycles. The molecule has 0 radical (unpaired) electrons. The van der Waals surface area contributed by atoms with Crippen molar-refractivity contribution in [1.82, 2.24) is 0 Å². The second-order valence-electron chi connectivity index (χ2n) is 48.1. The maximum Gasteiger partial charge on any atom is 0.0836 e. The molecule has 0 aliphatic carbocycles. The molecule has 0 bridgehead atoms. The van der Waals surface area contributed by atoms with Gasteiger partial charge in [-0.15, -0.1) is 105 Å². The molecule has 0 atom stereocenters. The second kappa shape index (κ2) is 63.6. The molecule has 15 heteroatoms. The second-order valence-corrected chi connectivity index (χ2v) is 123. The number of rotatable bonds is 89. The van der Waals surface area contributed by atoms with Crippen molar-refractivity contribution < 1.29 is 0 Å². The van der Waals surface area contributed by atoms with Crippen LogP contribution in [-0.2, 0) is 0 Å². The van der Waals surface area contributed by atoms with E-state index in [9.17, 15) is 0 Å². The lowest BCUT2D eigenvalue weighted by molar-refractivity contribution is 0.863. The van der Waals surface area contributed by atoms with Crippen LogP contribution in [0.3, 0.4) is 0 Å². The highest BCUT2D eigenvalue weighted by Crippen LogP contribution is 2.44. The Bertz CT molecular complexity index is 2710. The Balaban J connectivity index is 4.35. The Morgan fingerprint density at radius 2 is 0.238 bits per heavy atom. The Morgan fingerprint density at radius 3 is 0.341 bits per heavy atom. The summed E-state index contributed by atoms with van der Waals surface area (Å²) in [6.07, 6.45) is 56.2. The molecule has 1 aromatic rings. The van der Waals surface area contributed by atoms with Gasteiger partial charge >= 0.3 is 0 Å². The van der Waals surface area contributed by atoms with E-state index in [2.05, 4.69) is 331 Å². The topological polar surface area (TPSA) is 0 Å². The van der Waals surface area contributed by atoms with Crippen molar-refractivity contribution in [1.29, 1.82) is 0 Å². The minimum atomic E-state index is -1.91. The third-order valence-corrected chi connectivity index (χ3v) is 99.0. The van der Waals surface area contributed by atoms with Gasteiger partial charge in [0, 0.05) is 0 Å². The molecular formula is C111H214Si15. The summed E-state index contributed by atoms with van der Waals surface area (Å²) >= 11 is 0. The Hall–Kier alpha value is -1.69. The van der Waals surface area contributed by atoms with E-state index in [0.29, 0.717) is 0 Å². The summed E-state index contributed by atoms with van der Waals surface area (Å²) in [5.41, 5.74) is 0.